The van der Waals surface area contributed by atoms with Crippen LogP contribution in [0.25, 0.3) is 0 Å². The van der Waals surface area contributed by atoms with Crippen molar-refractivity contribution >= 4 is 11.9 Å². The van der Waals surface area contributed by atoms with Crippen LogP contribution >= 0.6 is 0 Å². The van der Waals surface area contributed by atoms with Crippen LogP contribution in [-0.4, -0.2) is 22.2 Å². The van der Waals surface area contributed by atoms with Gasteiger partial charge in [0.15, 0.2) is 0 Å². The number of aliphatic carboxylic acids is 2. The van der Waals surface area contributed by atoms with Gasteiger partial charge in [-0.25, -0.2) is 0 Å². The van der Waals surface area contributed by atoms with Crippen molar-refractivity contribution in [1.82, 2.24) is 0 Å². The van der Waals surface area contributed by atoms with Crippen molar-refractivity contribution in [1.29, 1.82) is 0 Å². The van der Waals surface area contributed by atoms with Crippen LogP contribution in [0.1, 0.15) is 46.2 Å². The second-order valence-corrected chi connectivity index (χ2v) is 5.24. The maximum absolute atomic E-state index is 10.7. The fourth-order valence-corrected chi connectivity index (χ4v) is 2.68. The van der Waals surface area contributed by atoms with Crippen LogP contribution < -0.4 is 0 Å². The highest BCUT2D eigenvalue weighted by Crippen LogP contribution is 2.28. The molecule has 0 aliphatic heterocycles. The minimum absolute atomic E-state index is 0.120. The first-order valence-corrected chi connectivity index (χ1v) is 6.77. The number of benzene rings is 1. The van der Waals surface area contributed by atoms with E-state index >= 15 is 0 Å². The Bertz CT molecular complexity index is 466. The summed E-state index contributed by atoms with van der Waals surface area (Å²) in [5, 5.41) is 17.7. The van der Waals surface area contributed by atoms with E-state index in [0.717, 1.165) is 33.4 Å². The van der Waals surface area contributed by atoms with Gasteiger partial charge < -0.3 is 10.2 Å². The van der Waals surface area contributed by atoms with E-state index in [4.69, 9.17) is 10.2 Å². The predicted molar refractivity (Wildman–Crippen MR) is 77.3 cm³/mol. The van der Waals surface area contributed by atoms with Crippen molar-refractivity contribution in [2.75, 3.05) is 0 Å². The molecule has 0 aliphatic carbocycles. The molecule has 2 N–H and O–H groups in total. The third-order valence-corrected chi connectivity index (χ3v) is 4.11. The first kappa shape index (κ1) is 16.2. The van der Waals surface area contributed by atoms with E-state index in [2.05, 4.69) is 0 Å². The van der Waals surface area contributed by atoms with Crippen molar-refractivity contribution in [3.8, 4) is 0 Å². The number of rotatable bonds is 6. The topological polar surface area (TPSA) is 74.6 Å². The van der Waals surface area contributed by atoms with Crippen molar-refractivity contribution < 1.29 is 19.8 Å². The molecule has 0 atom stereocenters. The van der Waals surface area contributed by atoms with Gasteiger partial charge >= 0.3 is 11.9 Å². The lowest BCUT2D eigenvalue weighted by molar-refractivity contribution is -0.138. The van der Waals surface area contributed by atoms with Crippen molar-refractivity contribution in [2.45, 2.75) is 53.4 Å². The fourth-order valence-electron chi connectivity index (χ4n) is 2.68. The Morgan fingerprint density at radius 3 is 1.15 bits per heavy atom. The molecule has 0 unspecified atom stereocenters. The normalized spacial score (nSPS) is 10.6. The zero-order valence-electron chi connectivity index (χ0n) is 12.5. The van der Waals surface area contributed by atoms with Crippen LogP contribution in [-0.2, 0) is 22.4 Å². The smallest absolute Gasteiger partial charge is 0.303 e. The van der Waals surface area contributed by atoms with Crippen molar-refractivity contribution in [3.05, 3.63) is 33.4 Å². The number of carbonyl (C=O) groups is 2. The van der Waals surface area contributed by atoms with Gasteiger partial charge in [0.2, 0.25) is 0 Å². The first-order chi connectivity index (χ1) is 9.25. The van der Waals surface area contributed by atoms with Crippen LogP contribution in [0, 0.1) is 27.7 Å². The molecule has 1 rings (SSSR count). The largest absolute Gasteiger partial charge is 0.481 e. The molecule has 1 aromatic rings. The zero-order chi connectivity index (χ0) is 15.4. The average Bonchev–Trinajstić information content (AvgIpc) is 2.35. The molecule has 4 heteroatoms. The molecule has 0 radical (unpaired) electrons. The van der Waals surface area contributed by atoms with Crippen molar-refractivity contribution in [3.63, 3.8) is 0 Å². The van der Waals surface area contributed by atoms with Gasteiger partial charge in [-0.05, 0) is 73.9 Å². The van der Waals surface area contributed by atoms with Gasteiger partial charge in [-0.1, -0.05) is 0 Å². The molecule has 0 aliphatic rings. The molecule has 0 aromatic heterocycles. The summed E-state index contributed by atoms with van der Waals surface area (Å²) < 4.78 is 0. The first-order valence-electron chi connectivity index (χ1n) is 6.77. The fraction of sp³-hybridized carbons (Fsp3) is 0.500. The Morgan fingerprint density at radius 2 is 0.950 bits per heavy atom. The molecule has 0 saturated heterocycles. The lowest BCUT2D eigenvalue weighted by Crippen LogP contribution is -2.09. The van der Waals surface area contributed by atoms with E-state index in [1.165, 1.54) is 0 Å². The van der Waals surface area contributed by atoms with Gasteiger partial charge in [-0.2, -0.15) is 0 Å². The molecule has 0 saturated carbocycles. The highest BCUT2D eigenvalue weighted by molar-refractivity contribution is 5.68. The number of hydrogen-bond acceptors (Lipinski definition) is 2. The maximum atomic E-state index is 10.7. The van der Waals surface area contributed by atoms with Crippen LogP contribution in [0.5, 0.6) is 0 Å². The monoisotopic (exact) mass is 278 g/mol. The second kappa shape index (κ2) is 6.55. The molecule has 0 bridgehead atoms. The number of hydrogen-bond donors (Lipinski definition) is 2. The number of carboxylic acid groups (broad SMARTS) is 2. The minimum Gasteiger partial charge on any atom is -0.481 e. The lowest BCUT2D eigenvalue weighted by atomic mass is 9.85. The van der Waals surface area contributed by atoms with E-state index in [-0.39, 0.29) is 12.8 Å². The van der Waals surface area contributed by atoms with E-state index in [1.54, 1.807) is 0 Å². The van der Waals surface area contributed by atoms with Crippen LogP contribution in [0.15, 0.2) is 0 Å². The second-order valence-electron chi connectivity index (χ2n) is 5.24. The van der Waals surface area contributed by atoms with Crippen LogP contribution in [0.4, 0.5) is 0 Å². The molecule has 0 spiro atoms. The minimum atomic E-state index is -0.797. The quantitative estimate of drug-likeness (QED) is 0.839. The number of carboxylic acids is 2. The SMILES string of the molecule is Cc1c(C)c(CCC(=O)O)c(C)c(C)c1CCC(=O)O. The maximum Gasteiger partial charge on any atom is 0.303 e. The third kappa shape index (κ3) is 3.59. The molecular weight excluding hydrogens is 256 g/mol. The van der Waals surface area contributed by atoms with Gasteiger partial charge in [0.05, 0.1) is 0 Å². The third-order valence-electron chi connectivity index (χ3n) is 4.11. The summed E-state index contributed by atoms with van der Waals surface area (Å²) in [7, 11) is 0. The summed E-state index contributed by atoms with van der Waals surface area (Å²) in [5.74, 6) is -1.59. The Balaban J connectivity index is 3.19. The van der Waals surface area contributed by atoms with Gasteiger partial charge in [-0.3, -0.25) is 9.59 Å². The Kier molecular flexibility index (Phi) is 5.31. The van der Waals surface area contributed by atoms with Crippen LogP contribution in [0.2, 0.25) is 0 Å². The summed E-state index contributed by atoms with van der Waals surface area (Å²) >= 11 is 0. The predicted octanol–water partition coefficient (Wildman–Crippen LogP) is 2.95. The Hall–Kier alpha value is -1.84. The molecule has 1 aromatic carbocycles. The highest BCUT2D eigenvalue weighted by atomic mass is 16.4. The Labute approximate surface area is 119 Å². The summed E-state index contributed by atoms with van der Waals surface area (Å²) in [6.07, 6.45) is 1.28. The zero-order valence-corrected chi connectivity index (χ0v) is 12.5. The van der Waals surface area contributed by atoms with Crippen molar-refractivity contribution in [2.24, 2.45) is 0 Å². The van der Waals surface area contributed by atoms with Crippen LogP contribution in [0.3, 0.4) is 0 Å². The van der Waals surface area contributed by atoms with E-state index in [9.17, 15) is 9.59 Å². The van der Waals surface area contributed by atoms with Gasteiger partial charge in [0.25, 0.3) is 0 Å². The molecule has 110 valence electrons. The van der Waals surface area contributed by atoms with Gasteiger partial charge in [0, 0.05) is 12.8 Å². The molecule has 0 amide bonds. The summed E-state index contributed by atoms with van der Waals surface area (Å²) in [5.41, 5.74) is 6.54. The molecular formula is C16H22O4. The molecule has 20 heavy (non-hydrogen) atoms. The van der Waals surface area contributed by atoms with E-state index in [0.29, 0.717) is 12.8 Å². The lowest BCUT2D eigenvalue weighted by Gasteiger charge is -2.20. The molecule has 4 nitrogen and oxygen atoms in total. The summed E-state index contributed by atoms with van der Waals surface area (Å²) in [4.78, 5) is 21.5. The summed E-state index contributed by atoms with van der Waals surface area (Å²) in [6, 6.07) is 0. The van der Waals surface area contributed by atoms with Gasteiger partial charge in [-0.15, -0.1) is 0 Å². The Morgan fingerprint density at radius 1 is 0.700 bits per heavy atom. The molecule has 0 heterocycles. The average molecular weight is 278 g/mol. The summed E-state index contributed by atoms with van der Waals surface area (Å²) in [6.45, 7) is 7.96. The van der Waals surface area contributed by atoms with E-state index in [1.807, 2.05) is 27.7 Å². The van der Waals surface area contributed by atoms with Gasteiger partial charge in [0.1, 0.15) is 0 Å². The highest BCUT2D eigenvalue weighted by Gasteiger charge is 2.15. The van der Waals surface area contributed by atoms with E-state index < -0.39 is 11.9 Å². The standard InChI is InChI=1S/C16H22O4/c1-9-10(2)14(6-8-16(19)20)12(4)11(3)13(9)5-7-15(17)18/h5-8H2,1-4H3,(H,17,18)(H,19,20). The molecule has 0 fully saturated rings.